The van der Waals surface area contributed by atoms with Crippen molar-refractivity contribution in [2.45, 2.75) is 134 Å². The quantitative estimate of drug-likeness (QED) is 0.0564. The molecule has 0 aromatic carbocycles. The summed E-state index contributed by atoms with van der Waals surface area (Å²) < 4.78 is 79.9. The number of hydrogen-bond donors (Lipinski definition) is 2. The third kappa shape index (κ3) is 12.3. The van der Waals surface area contributed by atoms with Crippen molar-refractivity contribution in [3.05, 3.63) is 20.9 Å². The van der Waals surface area contributed by atoms with Gasteiger partial charge < -0.3 is 56.7 Å². The number of rotatable bonds is 20. The normalized spacial score (nSPS) is 28.7. The number of carbonyl (C=O) groups is 2. The van der Waals surface area contributed by atoms with Crippen LogP contribution in [0.15, 0.2) is 10.2 Å². The number of esters is 2. The highest BCUT2D eigenvalue weighted by Crippen LogP contribution is 2.57. The zero-order valence-electron chi connectivity index (χ0n) is 31.1. The zero-order valence-corrected chi connectivity index (χ0v) is 32.9. The van der Waals surface area contributed by atoms with Gasteiger partial charge in [0.15, 0.2) is 29.7 Å². The summed E-state index contributed by atoms with van der Waals surface area (Å²) in [4.78, 5) is 30.3. The standard InChI is InChI=1S/C16H28N3O8P.C13H24N3O8P/c1-6-22-14(20)11(28(21,23-7-2)24-8-3)9-10-12(18-19-17)13-15(25-10)27-16(4,5)26-13;1-4-21-12(18)9(25(20,22-5-2)23-6-3)7-8-10(15-16-14)11(17)13(19)24-8/h10-13,15H,6-9H2,1-5H3;8-11,13,17,19H,4-7H2,1-3H3. The first-order valence-electron chi connectivity index (χ1n) is 17.3. The summed E-state index contributed by atoms with van der Waals surface area (Å²) in [5, 5.41) is 26.6. The molecule has 3 aliphatic rings. The highest BCUT2D eigenvalue weighted by molar-refractivity contribution is 7.56. The number of fused-ring (bicyclic) bond motifs is 1. The van der Waals surface area contributed by atoms with Crippen LogP contribution in [0, 0.1) is 0 Å². The van der Waals surface area contributed by atoms with Gasteiger partial charge in [-0.15, -0.1) is 0 Å². The monoisotopic (exact) mass is 802 g/mol. The van der Waals surface area contributed by atoms with E-state index in [1.54, 1.807) is 55.4 Å². The predicted molar refractivity (Wildman–Crippen MR) is 183 cm³/mol. The van der Waals surface area contributed by atoms with E-state index in [0.29, 0.717) is 0 Å². The Labute approximate surface area is 307 Å². The van der Waals surface area contributed by atoms with Gasteiger partial charge in [-0.25, -0.2) is 0 Å². The fraction of sp³-hybridized carbons (Fsp3) is 0.931. The van der Waals surface area contributed by atoms with Crippen LogP contribution < -0.4 is 0 Å². The predicted octanol–water partition coefficient (Wildman–Crippen LogP) is 4.46. The molecule has 0 amide bonds. The van der Waals surface area contributed by atoms with E-state index in [9.17, 15) is 28.9 Å². The van der Waals surface area contributed by atoms with Gasteiger partial charge >= 0.3 is 27.1 Å². The SMILES string of the molecule is CCOC(=O)C(CC1OC(O)C(O)C1N=[N+]=[N-])P(=O)(OCC)OCC.CCOC(=O)C(CC1OC2OC(C)(C)OC2C1N=[N+]=[N-])P(=O)(OCC)OCC. The molecule has 3 rings (SSSR count). The molecule has 0 bridgehead atoms. The minimum absolute atomic E-state index is 0.0315. The molecule has 10 unspecified atom stereocenters. The van der Waals surface area contributed by atoms with Gasteiger partial charge in [-0.05, 0) is 79.3 Å². The molecule has 3 saturated heterocycles. The number of aliphatic hydroxyl groups is 2. The Morgan fingerprint density at radius 2 is 1.13 bits per heavy atom. The molecule has 0 spiro atoms. The van der Waals surface area contributed by atoms with Crippen LogP contribution in [0.5, 0.6) is 0 Å². The van der Waals surface area contributed by atoms with Crippen molar-refractivity contribution < 1.29 is 75.4 Å². The molecule has 304 valence electrons. The number of nitrogens with zero attached hydrogens (tertiary/aromatic N) is 6. The number of aliphatic hydroxyl groups excluding tert-OH is 2. The van der Waals surface area contributed by atoms with E-state index in [2.05, 4.69) is 20.1 Å². The van der Waals surface area contributed by atoms with Crippen molar-refractivity contribution in [3.63, 3.8) is 0 Å². The van der Waals surface area contributed by atoms with Gasteiger partial charge in [-0.1, -0.05) is 10.2 Å². The Hall–Kier alpha value is -2.38. The summed E-state index contributed by atoms with van der Waals surface area (Å²) in [6, 6.07) is -1.93. The fourth-order valence-corrected chi connectivity index (χ4v) is 9.76. The van der Waals surface area contributed by atoms with Crippen molar-refractivity contribution in [1.82, 2.24) is 0 Å². The first-order valence-corrected chi connectivity index (χ1v) is 20.5. The Bertz CT molecular complexity index is 1380. The van der Waals surface area contributed by atoms with Crippen LogP contribution in [0.1, 0.15) is 68.2 Å². The number of hydrogen-bond acceptors (Lipinski definition) is 18. The third-order valence-electron chi connectivity index (χ3n) is 7.85. The summed E-state index contributed by atoms with van der Waals surface area (Å²) in [6.45, 7) is 13.5. The Morgan fingerprint density at radius 3 is 1.53 bits per heavy atom. The molecule has 2 N–H and O–H groups in total. The second-order valence-corrected chi connectivity index (χ2v) is 16.3. The number of ether oxygens (including phenoxy) is 6. The first kappa shape index (κ1) is 46.8. The van der Waals surface area contributed by atoms with Crippen LogP contribution >= 0.6 is 15.2 Å². The van der Waals surface area contributed by atoms with E-state index >= 15 is 0 Å². The van der Waals surface area contributed by atoms with Gasteiger partial charge in [0, 0.05) is 9.82 Å². The topological polar surface area (TPSA) is 299 Å². The minimum Gasteiger partial charge on any atom is -0.465 e. The number of carbonyl (C=O) groups excluding carboxylic acids is 2. The Morgan fingerprint density at radius 1 is 0.717 bits per heavy atom. The first-order chi connectivity index (χ1) is 25.0. The number of azide groups is 2. The van der Waals surface area contributed by atoms with Gasteiger partial charge in [0.05, 0.1) is 63.9 Å². The van der Waals surface area contributed by atoms with Crippen LogP contribution in [0.25, 0.3) is 20.9 Å². The lowest BCUT2D eigenvalue weighted by Crippen LogP contribution is -2.37. The average molecular weight is 803 g/mol. The largest absolute Gasteiger partial charge is 0.465 e. The van der Waals surface area contributed by atoms with Crippen molar-refractivity contribution in [3.8, 4) is 0 Å². The van der Waals surface area contributed by atoms with Gasteiger partial charge in [0.25, 0.3) is 0 Å². The highest BCUT2D eigenvalue weighted by atomic mass is 31.2. The maximum absolute atomic E-state index is 13.3. The van der Waals surface area contributed by atoms with Crippen LogP contribution in [0.3, 0.4) is 0 Å². The molecule has 0 aromatic rings. The summed E-state index contributed by atoms with van der Waals surface area (Å²) in [6.07, 6.45) is -6.71. The molecule has 3 heterocycles. The van der Waals surface area contributed by atoms with E-state index in [4.69, 9.17) is 57.6 Å². The van der Waals surface area contributed by atoms with Crippen LogP contribution in [0.2, 0.25) is 0 Å². The van der Waals surface area contributed by atoms with E-state index in [1.165, 1.54) is 0 Å². The van der Waals surface area contributed by atoms with Crippen molar-refractivity contribution >= 4 is 27.1 Å². The Balaban J connectivity index is 0.000000370. The molecule has 3 aliphatic heterocycles. The lowest BCUT2D eigenvalue weighted by molar-refractivity contribution is -0.207. The van der Waals surface area contributed by atoms with Crippen molar-refractivity contribution in [2.24, 2.45) is 10.2 Å². The summed E-state index contributed by atoms with van der Waals surface area (Å²) >= 11 is 0. The fourth-order valence-electron chi connectivity index (χ4n) is 5.86. The smallest absolute Gasteiger partial charge is 0.344 e. The van der Waals surface area contributed by atoms with Crippen LogP contribution in [-0.4, -0.2) is 128 Å². The summed E-state index contributed by atoms with van der Waals surface area (Å²) in [5.74, 6) is -2.45. The third-order valence-corrected chi connectivity index (χ3v) is 12.7. The highest BCUT2D eigenvalue weighted by Gasteiger charge is 2.57. The van der Waals surface area contributed by atoms with Gasteiger partial charge in [0.2, 0.25) is 0 Å². The molecule has 24 heteroatoms. The lowest BCUT2D eigenvalue weighted by Gasteiger charge is -2.29. The Kier molecular flexibility index (Phi) is 19.1. The minimum atomic E-state index is -3.91. The summed E-state index contributed by atoms with van der Waals surface area (Å²) in [7, 11) is -7.75. The molecular weight excluding hydrogens is 750 g/mol. The molecular formula is C29H52N6O16P2. The molecule has 0 saturated carbocycles. The molecule has 0 radical (unpaired) electrons. The maximum Gasteiger partial charge on any atom is 0.344 e. The van der Waals surface area contributed by atoms with Crippen molar-refractivity contribution in [2.75, 3.05) is 39.6 Å². The van der Waals surface area contributed by atoms with E-state index in [1.807, 2.05) is 0 Å². The van der Waals surface area contributed by atoms with Crippen LogP contribution in [-0.2, 0) is 65.2 Å². The molecule has 3 fully saturated rings. The summed E-state index contributed by atoms with van der Waals surface area (Å²) in [5.41, 5.74) is 15.0. The van der Waals surface area contributed by atoms with Gasteiger partial charge in [0.1, 0.15) is 12.2 Å². The van der Waals surface area contributed by atoms with Gasteiger partial charge in [-0.3, -0.25) is 18.7 Å². The second-order valence-electron chi connectivity index (χ2n) is 11.8. The lowest BCUT2D eigenvalue weighted by atomic mass is 10.0. The maximum atomic E-state index is 13.3. The van der Waals surface area contributed by atoms with Crippen molar-refractivity contribution in [1.29, 1.82) is 0 Å². The molecule has 0 aromatic heterocycles. The van der Waals surface area contributed by atoms with E-state index in [0.717, 1.165) is 0 Å². The molecule has 0 aliphatic carbocycles. The van der Waals surface area contributed by atoms with E-state index < -0.39 is 93.3 Å². The van der Waals surface area contributed by atoms with E-state index in [-0.39, 0.29) is 52.5 Å². The molecule has 22 nitrogen and oxygen atoms in total. The molecule has 53 heavy (non-hydrogen) atoms. The zero-order chi connectivity index (χ0) is 40.0. The van der Waals surface area contributed by atoms with Crippen LogP contribution in [0.4, 0.5) is 0 Å². The average Bonchev–Trinajstić information content (AvgIpc) is 3.65. The second kappa shape index (κ2) is 21.6. The molecule has 10 atom stereocenters. The van der Waals surface area contributed by atoms with Gasteiger partial charge in [-0.2, -0.15) is 0 Å².